The molecule has 2 aromatic carbocycles. The van der Waals surface area contributed by atoms with Crippen molar-refractivity contribution in [3.63, 3.8) is 0 Å². The van der Waals surface area contributed by atoms with Gasteiger partial charge in [0.05, 0.1) is 12.2 Å². The Balaban J connectivity index is 1.61. The molecule has 0 aliphatic rings. The van der Waals surface area contributed by atoms with Crippen LogP contribution in [0.15, 0.2) is 66.3 Å². The Bertz CT molecular complexity index is 1080. The first-order valence-electron chi connectivity index (χ1n) is 9.52. The number of allylic oxidation sites excluding steroid dienone is 1. The lowest BCUT2D eigenvalue weighted by atomic mass is 10.2. The molecular formula is C22H22ClN5O2S. The number of amides is 2. The van der Waals surface area contributed by atoms with Crippen molar-refractivity contribution in [2.75, 3.05) is 16.4 Å². The van der Waals surface area contributed by atoms with Crippen LogP contribution in [0.4, 0.5) is 11.4 Å². The number of carbonyl (C=O) groups is 2. The topological polar surface area (TPSA) is 88.9 Å². The minimum atomic E-state index is -0.228. The van der Waals surface area contributed by atoms with Crippen LogP contribution in [0.2, 0.25) is 5.02 Å². The zero-order chi connectivity index (χ0) is 22.2. The van der Waals surface area contributed by atoms with Crippen LogP contribution < -0.4 is 10.6 Å². The van der Waals surface area contributed by atoms with Gasteiger partial charge in [-0.3, -0.25) is 9.59 Å². The molecule has 0 atom stereocenters. The summed E-state index contributed by atoms with van der Waals surface area (Å²) in [6.07, 6.45) is 1.74. The minimum absolute atomic E-state index is 0.0412. The van der Waals surface area contributed by atoms with Gasteiger partial charge in [0, 0.05) is 22.9 Å². The first kappa shape index (κ1) is 22.6. The predicted molar refractivity (Wildman–Crippen MR) is 125 cm³/mol. The van der Waals surface area contributed by atoms with Crippen LogP contribution in [0.3, 0.4) is 0 Å². The molecule has 2 amide bonds. The Hall–Kier alpha value is -3.10. The average molecular weight is 456 g/mol. The number of nitrogens with one attached hydrogen (secondary N) is 2. The molecule has 31 heavy (non-hydrogen) atoms. The Morgan fingerprint density at radius 1 is 1.10 bits per heavy atom. The Morgan fingerprint density at radius 3 is 2.55 bits per heavy atom. The molecule has 1 heterocycles. The lowest BCUT2D eigenvalue weighted by Gasteiger charge is -2.09. The lowest BCUT2D eigenvalue weighted by Crippen LogP contribution is -2.18. The van der Waals surface area contributed by atoms with Crippen LogP contribution in [0, 0.1) is 6.92 Å². The van der Waals surface area contributed by atoms with E-state index in [-0.39, 0.29) is 24.0 Å². The first-order valence-corrected chi connectivity index (χ1v) is 10.9. The standard InChI is InChI=1S/C22H22ClN5O2S/c1-3-11-28-19(13-20(29)24-17-9-7-16(23)8-10-17)26-27-22(28)31-14-21(30)25-18-6-4-5-15(2)12-18/h3-10,12H,1,11,13-14H2,2H3,(H,24,29)(H,25,30). The number of carbonyl (C=O) groups excluding carboxylic acids is 2. The zero-order valence-corrected chi connectivity index (χ0v) is 18.5. The van der Waals surface area contributed by atoms with E-state index in [1.807, 2.05) is 31.2 Å². The quantitative estimate of drug-likeness (QED) is 0.370. The van der Waals surface area contributed by atoms with Crippen molar-refractivity contribution in [2.24, 2.45) is 0 Å². The summed E-state index contributed by atoms with van der Waals surface area (Å²) in [5, 5.41) is 15.1. The Labute approximate surface area is 189 Å². The number of halogens is 1. The van der Waals surface area contributed by atoms with Gasteiger partial charge in [-0.05, 0) is 48.9 Å². The number of aromatic nitrogens is 3. The molecule has 3 aromatic rings. The lowest BCUT2D eigenvalue weighted by molar-refractivity contribution is -0.116. The number of aryl methyl sites for hydroxylation is 1. The smallest absolute Gasteiger partial charge is 0.234 e. The molecule has 2 N–H and O–H groups in total. The van der Waals surface area contributed by atoms with Crippen LogP contribution in [0.1, 0.15) is 11.4 Å². The van der Waals surface area contributed by atoms with Crippen molar-refractivity contribution in [2.45, 2.75) is 25.0 Å². The number of rotatable bonds is 9. The maximum absolute atomic E-state index is 12.4. The fourth-order valence-electron chi connectivity index (χ4n) is 2.80. The van der Waals surface area contributed by atoms with E-state index in [4.69, 9.17) is 11.6 Å². The summed E-state index contributed by atoms with van der Waals surface area (Å²) >= 11 is 7.12. The Kier molecular flexibility index (Phi) is 7.86. The van der Waals surface area contributed by atoms with Crippen molar-refractivity contribution >= 4 is 46.6 Å². The van der Waals surface area contributed by atoms with Crippen molar-refractivity contribution in [1.29, 1.82) is 0 Å². The molecule has 3 rings (SSSR count). The van der Waals surface area contributed by atoms with Crippen LogP contribution in [-0.4, -0.2) is 32.3 Å². The molecule has 0 radical (unpaired) electrons. The predicted octanol–water partition coefficient (Wildman–Crippen LogP) is 4.34. The van der Waals surface area contributed by atoms with E-state index >= 15 is 0 Å². The summed E-state index contributed by atoms with van der Waals surface area (Å²) in [7, 11) is 0. The number of hydrogen-bond acceptors (Lipinski definition) is 5. The summed E-state index contributed by atoms with van der Waals surface area (Å²) in [4.78, 5) is 24.7. The third-order valence-corrected chi connectivity index (χ3v) is 5.40. The van der Waals surface area contributed by atoms with E-state index in [0.717, 1.165) is 11.3 Å². The second-order valence-electron chi connectivity index (χ2n) is 6.74. The molecule has 0 aliphatic heterocycles. The normalized spacial score (nSPS) is 10.5. The second-order valence-corrected chi connectivity index (χ2v) is 8.12. The van der Waals surface area contributed by atoms with Gasteiger partial charge in [-0.1, -0.05) is 41.6 Å². The number of anilines is 2. The molecule has 0 spiro atoms. The summed E-state index contributed by atoms with van der Waals surface area (Å²) in [6.45, 7) is 6.15. The van der Waals surface area contributed by atoms with Crippen molar-refractivity contribution < 1.29 is 9.59 Å². The van der Waals surface area contributed by atoms with Crippen LogP contribution >= 0.6 is 23.4 Å². The van der Waals surface area contributed by atoms with E-state index in [1.54, 1.807) is 34.9 Å². The number of hydrogen-bond donors (Lipinski definition) is 2. The van der Waals surface area contributed by atoms with Gasteiger partial charge in [0.2, 0.25) is 11.8 Å². The van der Waals surface area contributed by atoms with Crippen molar-refractivity contribution in [3.8, 4) is 0 Å². The van der Waals surface area contributed by atoms with Crippen LogP contribution in [0.25, 0.3) is 0 Å². The first-order chi connectivity index (χ1) is 14.9. The van der Waals surface area contributed by atoms with E-state index in [0.29, 0.717) is 28.2 Å². The molecule has 160 valence electrons. The SMILES string of the molecule is C=CCn1c(CC(=O)Nc2ccc(Cl)cc2)nnc1SCC(=O)Nc1cccc(C)c1. The number of nitrogens with zero attached hydrogens (tertiary/aromatic N) is 3. The van der Waals surface area contributed by atoms with E-state index in [1.165, 1.54) is 11.8 Å². The van der Waals surface area contributed by atoms with E-state index in [2.05, 4.69) is 27.4 Å². The van der Waals surface area contributed by atoms with E-state index in [9.17, 15) is 9.59 Å². The largest absolute Gasteiger partial charge is 0.326 e. The van der Waals surface area contributed by atoms with Gasteiger partial charge < -0.3 is 15.2 Å². The molecule has 0 unspecified atom stereocenters. The van der Waals surface area contributed by atoms with Gasteiger partial charge in [-0.2, -0.15) is 0 Å². The highest BCUT2D eigenvalue weighted by Gasteiger charge is 2.16. The average Bonchev–Trinajstić information content (AvgIpc) is 3.10. The Morgan fingerprint density at radius 2 is 1.84 bits per heavy atom. The summed E-state index contributed by atoms with van der Waals surface area (Å²) < 4.78 is 1.78. The molecule has 7 nitrogen and oxygen atoms in total. The van der Waals surface area contributed by atoms with Crippen LogP contribution in [-0.2, 0) is 22.6 Å². The molecule has 9 heteroatoms. The highest BCUT2D eigenvalue weighted by atomic mass is 35.5. The molecule has 0 fully saturated rings. The summed E-state index contributed by atoms with van der Waals surface area (Å²) in [5.74, 6) is 0.285. The molecule has 0 aliphatic carbocycles. The third-order valence-electron chi connectivity index (χ3n) is 4.19. The second kappa shape index (κ2) is 10.8. The molecular weight excluding hydrogens is 434 g/mol. The fourth-order valence-corrected chi connectivity index (χ4v) is 3.69. The number of thioether (sulfide) groups is 1. The molecule has 1 aromatic heterocycles. The maximum atomic E-state index is 12.4. The molecule has 0 saturated carbocycles. The summed E-state index contributed by atoms with van der Waals surface area (Å²) in [6, 6.07) is 14.5. The monoisotopic (exact) mass is 455 g/mol. The summed E-state index contributed by atoms with van der Waals surface area (Å²) in [5.41, 5.74) is 2.46. The van der Waals surface area contributed by atoms with Gasteiger partial charge in [-0.15, -0.1) is 16.8 Å². The fraction of sp³-hybridized carbons (Fsp3) is 0.182. The molecule has 0 saturated heterocycles. The van der Waals surface area contributed by atoms with Crippen LogP contribution in [0.5, 0.6) is 0 Å². The van der Waals surface area contributed by atoms with Gasteiger partial charge in [0.15, 0.2) is 5.16 Å². The minimum Gasteiger partial charge on any atom is -0.326 e. The van der Waals surface area contributed by atoms with Gasteiger partial charge in [-0.25, -0.2) is 0 Å². The number of benzene rings is 2. The highest BCUT2D eigenvalue weighted by molar-refractivity contribution is 7.99. The van der Waals surface area contributed by atoms with E-state index < -0.39 is 0 Å². The van der Waals surface area contributed by atoms with Crippen molar-refractivity contribution in [1.82, 2.24) is 14.8 Å². The zero-order valence-electron chi connectivity index (χ0n) is 17.0. The molecule has 0 bridgehead atoms. The van der Waals surface area contributed by atoms with Gasteiger partial charge >= 0.3 is 0 Å². The third kappa shape index (κ3) is 6.70. The van der Waals surface area contributed by atoms with Gasteiger partial charge in [0.1, 0.15) is 5.82 Å². The van der Waals surface area contributed by atoms with Crippen molar-refractivity contribution in [3.05, 3.63) is 77.6 Å². The van der Waals surface area contributed by atoms with Gasteiger partial charge in [0.25, 0.3) is 0 Å². The maximum Gasteiger partial charge on any atom is 0.234 e. The highest BCUT2D eigenvalue weighted by Crippen LogP contribution is 2.19.